The molecule has 0 aliphatic rings. The Labute approximate surface area is 119 Å². The van der Waals surface area contributed by atoms with E-state index in [1.54, 1.807) is 11.6 Å². The fraction of sp³-hybridized carbons (Fsp3) is 0.462. The number of fused-ring (bicyclic) bond motifs is 1. The Kier molecular flexibility index (Phi) is 3.65. The molecule has 0 bridgehead atoms. The van der Waals surface area contributed by atoms with Gasteiger partial charge in [0.05, 0.1) is 11.9 Å². The lowest BCUT2D eigenvalue weighted by atomic mass is 9.97. The number of carbonyl (C=O) groups excluding carboxylic acids is 1. The molecule has 0 saturated carbocycles. The summed E-state index contributed by atoms with van der Waals surface area (Å²) < 4.78 is 40.6. The Hall–Kier alpha value is -2.12. The summed E-state index contributed by atoms with van der Waals surface area (Å²) in [5.41, 5.74) is -1.22. The van der Waals surface area contributed by atoms with Gasteiger partial charge in [-0.1, -0.05) is 6.92 Å². The van der Waals surface area contributed by atoms with Crippen LogP contribution in [0.4, 0.5) is 13.2 Å². The second-order valence-corrected chi connectivity index (χ2v) is 5.06. The number of alkyl halides is 3. The molecule has 0 spiro atoms. The van der Waals surface area contributed by atoms with Gasteiger partial charge in [0.2, 0.25) is 0 Å². The summed E-state index contributed by atoms with van der Waals surface area (Å²) in [6.45, 7) is 2.32. The van der Waals surface area contributed by atoms with E-state index in [9.17, 15) is 18.0 Å². The quantitative estimate of drug-likeness (QED) is 0.947. The number of amides is 1. The van der Waals surface area contributed by atoms with Gasteiger partial charge in [0, 0.05) is 13.2 Å². The van der Waals surface area contributed by atoms with Gasteiger partial charge in [-0.05, 0) is 19.4 Å². The topological polar surface area (TPSA) is 59.8 Å². The smallest absolute Gasteiger partial charge is 0.338 e. The number of hydrogen-bond donors (Lipinski definition) is 1. The van der Waals surface area contributed by atoms with Crippen molar-refractivity contribution in [3.05, 3.63) is 24.2 Å². The first-order valence-electron chi connectivity index (χ1n) is 6.34. The van der Waals surface area contributed by atoms with Gasteiger partial charge in [-0.3, -0.25) is 4.79 Å². The van der Waals surface area contributed by atoms with Crippen LogP contribution >= 0.6 is 0 Å². The van der Waals surface area contributed by atoms with Gasteiger partial charge >= 0.3 is 6.18 Å². The Morgan fingerprint density at radius 3 is 2.62 bits per heavy atom. The van der Waals surface area contributed by atoms with Crippen molar-refractivity contribution >= 4 is 17.1 Å². The molecule has 0 saturated heterocycles. The minimum Gasteiger partial charge on any atom is -0.338 e. The van der Waals surface area contributed by atoms with Crippen molar-refractivity contribution in [1.29, 1.82) is 0 Å². The SMILES string of the molecule is CCC(C)(NC(=O)c1cnc2c(c1)ncn2C)C(F)(F)F. The maximum absolute atomic E-state index is 13.0. The van der Waals surface area contributed by atoms with Gasteiger partial charge < -0.3 is 9.88 Å². The zero-order chi connectivity index (χ0) is 15.8. The van der Waals surface area contributed by atoms with Crippen molar-refractivity contribution in [2.24, 2.45) is 7.05 Å². The molecule has 1 atom stereocenters. The van der Waals surface area contributed by atoms with E-state index in [1.807, 2.05) is 5.32 Å². The third-order valence-corrected chi connectivity index (χ3v) is 3.54. The van der Waals surface area contributed by atoms with Gasteiger partial charge in [0.1, 0.15) is 11.1 Å². The van der Waals surface area contributed by atoms with E-state index in [-0.39, 0.29) is 12.0 Å². The summed E-state index contributed by atoms with van der Waals surface area (Å²) in [7, 11) is 1.74. The van der Waals surface area contributed by atoms with Crippen molar-refractivity contribution in [2.75, 3.05) is 0 Å². The molecule has 2 aromatic heterocycles. The van der Waals surface area contributed by atoms with Crippen LogP contribution in [0.1, 0.15) is 30.6 Å². The van der Waals surface area contributed by atoms with Crippen molar-refractivity contribution < 1.29 is 18.0 Å². The number of aromatic nitrogens is 3. The fourth-order valence-electron chi connectivity index (χ4n) is 1.82. The third kappa shape index (κ3) is 2.70. The maximum Gasteiger partial charge on any atom is 0.411 e. The lowest BCUT2D eigenvalue weighted by molar-refractivity contribution is -0.188. The van der Waals surface area contributed by atoms with E-state index < -0.39 is 17.6 Å². The highest BCUT2D eigenvalue weighted by Crippen LogP contribution is 2.32. The molecule has 1 N–H and O–H groups in total. The van der Waals surface area contributed by atoms with Crippen LogP contribution in [0, 0.1) is 0 Å². The van der Waals surface area contributed by atoms with E-state index in [0.717, 1.165) is 6.92 Å². The van der Waals surface area contributed by atoms with Gasteiger partial charge in [0.15, 0.2) is 5.65 Å². The molecule has 0 aliphatic carbocycles. The van der Waals surface area contributed by atoms with Crippen LogP contribution in [0.15, 0.2) is 18.6 Å². The predicted molar refractivity (Wildman–Crippen MR) is 70.7 cm³/mol. The minimum absolute atomic E-state index is 0.0464. The van der Waals surface area contributed by atoms with Crippen LogP contribution in [0.5, 0.6) is 0 Å². The highest BCUT2D eigenvalue weighted by molar-refractivity contribution is 5.96. The summed E-state index contributed by atoms with van der Waals surface area (Å²) in [4.78, 5) is 20.1. The van der Waals surface area contributed by atoms with E-state index in [0.29, 0.717) is 11.2 Å². The average molecular weight is 300 g/mol. The number of rotatable bonds is 3. The van der Waals surface area contributed by atoms with Crippen molar-refractivity contribution in [1.82, 2.24) is 19.9 Å². The molecular formula is C13H15F3N4O. The number of imidazole rings is 1. The van der Waals surface area contributed by atoms with Crippen LogP contribution in [0.25, 0.3) is 11.2 Å². The molecule has 21 heavy (non-hydrogen) atoms. The first-order valence-corrected chi connectivity index (χ1v) is 6.34. The summed E-state index contributed by atoms with van der Waals surface area (Å²) in [6.07, 6.45) is -2.03. The zero-order valence-electron chi connectivity index (χ0n) is 11.8. The number of aryl methyl sites for hydroxylation is 1. The fourth-order valence-corrected chi connectivity index (χ4v) is 1.82. The Morgan fingerprint density at radius 2 is 2.05 bits per heavy atom. The minimum atomic E-state index is -4.53. The van der Waals surface area contributed by atoms with Crippen molar-refractivity contribution in [3.63, 3.8) is 0 Å². The normalized spacial score (nSPS) is 15.0. The van der Waals surface area contributed by atoms with E-state index in [1.165, 1.54) is 25.5 Å². The number of nitrogens with zero attached hydrogens (tertiary/aromatic N) is 3. The molecule has 0 aliphatic heterocycles. The molecule has 0 aromatic carbocycles. The largest absolute Gasteiger partial charge is 0.411 e. The van der Waals surface area contributed by atoms with Crippen molar-refractivity contribution in [2.45, 2.75) is 32.0 Å². The zero-order valence-corrected chi connectivity index (χ0v) is 11.8. The predicted octanol–water partition coefficient (Wildman–Crippen LogP) is 2.43. The molecule has 2 aromatic rings. The third-order valence-electron chi connectivity index (χ3n) is 3.54. The monoisotopic (exact) mass is 300 g/mol. The maximum atomic E-state index is 13.0. The Morgan fingerprint density at radius 1 is 1.38 bits per heavy atom. The lowest BCUT2D eigenvalue weighted by Crippen LogP contribution is -2.56. The number of nitrogens with one attached hydrogen (secondary N) is 1. The Bertz CT molecular complexity index is 680. The number of carbonyl (C=O) groups is 1. The van der Waals surface area contributed by atoms with Crippen LogP contribution in [0.3, 0.4) is 0 Å². The summed E-state index contributed by atoms with van der Waals surface area (Å²) >= 11 is 0. The van der Waals surface area contributed by atoms with Crippen LogP contribution in [-0.4, -0.2) is 32.2 Å². The van der Waals surface area contributed by atoms with Crippen LogP contribution in [-0.2, 0) is 7.05 Å². The average Bonchev–Trinajstić information content (AvgIpc) is 2.78. The number of halogens is 3. The van der Waals surface area contributed by atoms with E-state index in [4.69, 9.17) is 0 Å². The van der Waals surface area contributed by atoms with Crippen molar-refractivity contribution in [3.8, 4) is 0 Å². The molecule has 114 valence electrons. The first-order chi connectivity index (χ1) is 9.68. The van der Waals surface area contributed by atoms with Gasteiger partial charge in [-0.15, -0.1) is 0 Å². The second-order valence-electron chi connectivity index (χ2n) is 5.06. The summed E-state index contributed by atoms with van der Waals surface area (Å²) in [6, 6.07) is 1.42. The molecule has 5 nitrogen and oxygen atoms in total. The molecule has 0 radical (unpaired) electrons. The van der Waals surface area contributed by atoms with Crippen LogP contribution < -0.4 is 5.32 Å². The molecule has 0 fully saturated rings. The van der Waals surface area contributed by atoms with Gasteiger partial charge in [0.25, 0.3) is 5.91 Å². The molecule has 2 rings (SSSR count). The van der Waals surface area contributed by atoms with Gasteiger partial charge in [-0.25, -0.2) is 9.97 Å². The van der Waals surface area contributed by atoms with E-state index in [2.05, 4.69) is 9.97 Å². The molecular weight excluding hydrogens is 285 g/mol. The number of pyridine rings is 1. The lowest BCUT2D eigenvalue weighted by Gasteiger charge is -2.31. The highest BCUT2D eigenvalue weighted by atomic mass is 19.4. The molecule has 8 heteroatoms. The molecule has 2 heterocycles. The highest BCUT2D eigenvalue weighted by Gasteiger charge is 2.50. The standard InChI is InChI=1S/C13H15F3N4O/c1-4-12(2,13(14,15)16)19-11(21)8-5-9-10(17-6-8)20(3)7-18-9/h5-7H,4H2,1-3H3,(H,19,21). The van der Waals surface area contributed by atoms with Crippen LogP contribution in [0.2, 0.25) is 0 Å². The summed E-state index contributed by atoms with van der Waals surface area (Å²) in [5, 5.41) is 2.03. The summed E-state index contributed by atoms with van der Waals surface area (Å²) in [5.74, 6) is -0.822. The molecule has 1 unspecified atom stereocenters. The molecule has 1 amide bonds. The van der Waals surface area contributed by atoms with E-state index >= 15 is 0 Å². The van der Waals surface area contributed by atoms with Gasteiger partial charge in [-0.2, -0.15) is 13.2 Å². The Balaban J connectivity index is 2.30. The second kappa shape index (κ2) is 5.01. The first kappa shape index (κ1) is 15.3. The number of hydrogen-bond acceptors (Lipinski definition) is 3.